The van der Waals surface area contributed by atoms with Crippen LogP contribution in [0.4, 0.5) is 17.1 Å². The van der Waals surface area contributed by atoms with E-state index in [9.17, 15) is 9.90 Å². The summed E-state index contributed by atoms with van der Waals surface area (Å²) >= 11 is 1.19. The molecule has 0 aliphatic heterocycles. The predicted octanol–water partition coefficient (Wildman–Crippen LogP) is 4.19. The monoisotopic (exact) mass is 339 g/mol. The standard InChI is InChI=1S/C18H17N3O2S/c1-12(22)18-19-11-16(24-18)17(23)21-15-9-7-14(8-10-15)20-13-5-3-2-4-6-13/h2-12,20,22H,1H3,(H,21,23)/t12-/m1/s1. The Labute approximate surface area is 144 Å². The second-order valence-corrected chi connectivity index (χ2v) is 6.32. The van der Waals surface area contributed by atoms with Crippen LogP contribution < -0.4 is 10.6 Å². The lowest BCUT2D eigenvalue weighted by molar-refractivity contribution is 0.103. The van der Waals surface area contributed by atoms with Crippen LogP contribution in [-0.4, -0.2) is 16.0 Å². The molecule has 24 heavy (non-hydrogen) atoms. The quantitative estimate of drug-likeness (QED) is 0.651. The summed E-state index contributed by atoms with van der Waals surface area (Å²) in [6.07, 6.45) is 0.813. The topological polar surface area (TPSA) is 74.2 Å². The van der Waals surface area contributed by atoms with Gasteiger partial charge in [0.1, 0.15) is 16.0 Å². The van der Waals surface area contributed by atoms with Gasteiger partial charge in [0.2, 0.25) is 0 Å². The number of nitrogens with one attached hydrogen (secondary N) is 2. The van der Waals surface area contributed by atoms with Gasteiger partial charge in [0.05, 0.1) is 6.20 Å². The fourth-order valence-corrected chi connectivity index (χ4v) is 2.85. The molecule has 0 bridgehead atoms. The molecule has 0 spiro atoms. The van der Waals surface area contributed by atoms with Crippen molar-refractivity contribution < 1.29 is 9.90 Å². The van der Waals surface area contributed by atoms with Crippen LogP contribution in [0.3, 0.4) is 0 Å². The van der Waals surface area contributed by atoms with Gasteiger partial charge < -0.3 is 15.7 Å². The van der Waals surface area contributed by atoms with Crippen molar-refractivity contribution in [3.05, 3.63) is 70.7 Å². The number of hydrogen-bond donors (Lipinski definition) is 3. The number of para-hydroxylation sites is 1. The van der Waals surface area contributed by atoms with E-state index >= 15 is 0 Å². The molecule has 5 nitrogen and oxygen atoms in total. The minimum atomic E-state index is -0.667. The highest BCUT2D eigenvalue weighted by molar-refractivity contribution is 7.13. The smallest absolute Gasteiger partial charge is 0.267 e. The summed E-state index contributed by atoms with van der Waals surface area (Å²) in [5, 5.41) is 16.1. The summed E-state index contributed by atoms with van der Waals surface area (Å²) in [6.45, 7) is 1.62. The molecule has 0 fully saturated rings. The highest BCUT2D eigenvalue weighted by Gasteiger charge is 2.13. The van der Waals surface area contributed by atoms with E-state index < -0.39 is 6.10 Å². The van der Waals surface area contributed by atoms with Crippen molar-refractivity contribution in [3.63, 3.8) is 0 Å². The highest BCUT2D eigenvalue weighted by atomic mass is 32.1. The lowest BCUT2D eigenvalue weighted by atomic mass is 10.2. The molecule has 0 aliphatic rings. The van der Waals surface area contributed by atoms with Crippen molar-refractivity contribution in [1.29, 1.82) is 0 Å². The van der Waals surface area contributed by atoms with Crippen molar-refractivity contribution in [3.8, 4) is 0 Å². The first-order chi connectivity index (χ1) is 11.6. The van der Waals surface area contributed by atoms with Gasteiger partial charge in [-0.2, -0.15) is 0 Å². The Morgan fingerprint density at radius 3 is 2.29 bits per heavy atom. The van der Waals surface area contributed by atoms with Crippen LogP contribution >= 0.6 is 11.3 Å². The number of nitrogens with zero attached hydrogens (tertiary/aromatic N) is 1. The Morgan fingerprint density at radius 2 is 1.67 bits per heavy atom. The van der Waals surface area contributed by atoms with Gasteiger partial charge in [-0.1, -0.05) is 18.2 Å². The van der Waals surface area contributed by atoms with E-state index in [-0.39, 0.29) is 5.91 Å². The van der Waals surface area contributed by atoms with Gasteiger partial charge >= 0.3 is 0 Å². The first-order valence-corrected chi connectivity index (χ1v) is 8.31. The number of hydrogen-bond acceptors (Lipinski definition) is 5. The maximum atomic E-state index is 12.2. The number of anilines is 3. The summed E-state index contributed by atoms with van der Waals surface area (Å²) in [4.78, 5) is 16.7. The maximum Gasteiger partial charge on any atom is 0.267 e. The van der Waals surface area contributed by atoms with Crippen LogP contribution in [0, 0.1) is 0 Å². The lowest BCUT2D eigenvalue weighted by Crippen LogP contribution is -2.10. The minimum absolute atomic E-state index is 0.233. The fourth-order valence-electron chi connectivity index (χ4n) is 2.10. The lowest BCUT2D eigenvalue weighted by Gasteiger charge is -2.08. The number of aliphatic hydroxyl groups is 1. The second kappa shape index (κ2) is 7.25. The number of aliphatic hydroxyl groups excluding tert-OH is 1. The molecule has 6 heteroatoms. The Balaban J connectivity index is 1.64. The SMILES string of the molecule is C[C@@H](O)c1ncc(C(=O)Nc2ccc(Nc3ccccc3)cc2)s1. The van der Waals surface area contributed by atoms with E-state index in [0.717, 1.165) is 11.4 Å². The van der Waals surface area contributed by atoms with E-state index in [0.29, 0.717) is 15.6 Å². The number of amides is 1. The number of aromatic nitrogens is 1. The predicted molar refractivity (Wildman–Crippen MR) is 96.9 cm³/mol. The van der Waals surface area contributed by atoms with E-state index in [1.54, 1.807) is 6.92 Å². The Bertz CT molecular complexity index is 814. The van der Waals surface area contributed by atoms with Crippen LogP contribution in [0.5, 0.6) is 0 Å². The molecule has 122 valence electrons. The molecule has 3 aromatic rings. The zero-order chi connectivity index (χ0) is 16.9. The summed E-state index contributed by atoms with van der Waals surface area (Å²) in [7, 11) is 0. The molecule has 1 heterocycles. The first kappa shape index (κ1) is 16.2. The minimum Gasteiger partial charge on any atom is -0.386 e. The van der Waals surface area contributed by atoms with Crippen molar-refractivity contribution in [2.75, 3.05) is 10.6 Å². The maximum absolute atomic E-state index is 12.2. The van der Waals surface area contributed by atoms with Crippen molar-refractivity contribution >= 4 is 34.3 Å². The van der Waals surface area contributed by atoms with Crippen LogP contribution in [0.2, 0.25) is 0 Å². The van der Waals surface area contributed by atoms with E-state index in [1.807, 2.05) is 54.6 Å². The first-order valence-electron chi connectivity index (χ1n) is 7.49. The number of benzene rings is 2. The van der Waals surface area contributed by atoms with Crippen molar-refractivity contribution in [2.24, 2.45) is 0 Å². The molecule has 0 unspecified atom stereocenters. The third-order valence-corrected chi connectivity index (χ3v) is 4.48. The molecule has 1 amide bonds. The zero-order valence-corrected chi connectivity index (χ0v) is 13.9. The number of rotatable bonds is 5. The molecule has 0 saturated heterocycles. The summed E-state index contributed by atoms with van der Waals surface area (Å²) < 4.78 is 0. The molecule has 1 aromatic heterocycles. The molecular formula is C18H17N3O2S. The van der Waals surface area contributed by atoms with E-state index in [1.165, 1.54) is 17.5 Å². The van der Waals surface area contributed by atoms with Crippen LogP contribution in [0.15, 0.2) is 60.8 Å². The van der Waals surface area contributed by atoms with E-state index in [2.05, 4.69) is 15.6 Å². The Hall–Kier alpha value is -2.70. The molecule has 1 atom stereocenters. The molecule has 3 rings (SSSR count). The van der Waals surface area contributed by atoms with Gasteiger partial charge in [-0.05, 0) is 43.3 Å². The largest absolute Gasteiger partial charge is 0.386 e. The van der Waals surface area contributed by atoms with Crippen molar-refractivity contribution in [1.82, 2.24) is 4.98 Å². The molecule has 0 aliphatic carbocycles. The summed E-state index contributed by atoms with van der Waals surface area (Å²) in [5.74, 6) is -0.233. The third-order valence-electron chi connectivity index (χ3n) is 3.31. The van der Waals surface area contributed by atoms with Gasteiger partial charge in [0.25, 0.3) is 5.91 Å². The highest BCUT2D eigenvalue weighted by Crippen LogP contribution is 2.22. The van der Waals surface area contributed by atoms with Gasteiger partial charge in [-0.25, -0.2) is 4.98 Å². The Morgan fingerprint density at radius 1 is 1.04 bits per heavy atom. The number of thiazole rings is 1. The van der Waals surface area contributed by atoms with Gasteiger partial charge in [-0.15, -0.1) is 11.3 Å². The molecule has 2 aromatic carbocycles. The van der Waals surface area contributed by atoms with Crippen LogP contribution in [-0.2, 0) is 0 Å². The third kappa shape index (κ3) is 3.98. The fraction of sp³-hybridized carbons (Fsp3) is 0.111. The average Bonchev–Trinajstić information content (AvgIpc) is 3.08. The van der Waals surface area contributed by atoms with Gasteiger partial charge in [0, 0.05) is 17.1 Å². The molecular weight excluding hydrogens is 322 g/mol. The summed E-state index contributed by atoms with van der Waals surface area (Å²) in [5.41, 5.74) is 2.64. The summed E-state index contributed by atoms with van der Waals surface area (Å²) in [6, 6.07) is 17.3. The van der Waals surface area contributed by atoms with Gasteiger partial charge in [-0.3, -0.25) is 4.79 Å². The Kier molecular flexibility index (Phi) is 4.88. The molecule has 3 N–H and O–H groups in total. The van der Waals surface area contributed by atoms with Crippen molar-refractivity contribution in [2.45, 2.75) is 13.0 Å². The molecule has 0 saturated carbocycles. The zero-order valence-electron chi connectivity index (χ0n) is 13.1. The molecule has 0 radical (unpaired) electrons. The number of carbonyl (C=O) groups excluding carboxylic acids is 1. The normalized spacial score (nSPS) is 11.8. The van der Waals surface area contributed by atoms with Crippen LogP contribution in [0.1, 0.15) is 27.7 Å². The average molecular weight is 339 g/mol. The number of carbonyl (C=O) groups is 1. The van der Waals surface area contributed by atoms with Gasteiger partial charge in [0.15, 0.2) is 0 Å². The second-order valence-electron chi connectivity index (χ2n) is 5.26. The van der Waals surface area contributed by atoms with Crippen LogP contribution in [0.25, 0.3) is 0 Å². The van der Waals surface area contributed by atoms with E-state index in [4.69, 9.17) is 0 Å².